The Balaban J connectivity index is 2.21. The highest BCUT2D eigenvalue weighted by Crippen LogP contribution is 2.36. The van der Waals surface area contributed by atoms with Gasteiger partial charge in [-0.25, -0.2) is 26.7 Å². The normalized spacial score (nSPS) is 11.7. The van der Waals surface area contributed by atoms with E-state index in [-0.39, 0.29) is 22.6 Å². The van der Waals surface area contributed by atoms with Crippen molar-refractivity contribution in [3.63, 3.8) is 0 Å². The third kappa shape index (κ3) is 3.28. The van der Waals surface area contributed by atoms with Crippen molar-refractivity contribution in [1.29, 1.82) is 0 Å². The molecule has 0 saturated carbocycles. The Hall–Kier alpha value is -2.65. The van der Waals surface area contributed by atoms with Crippen molar-refractivity contribution >= 4 is 10.0 Å². The maximum Gasteiger partial charge on any atom is 0.240 e. The molecule has 0 radical (unpaired) electrons. The zero-order chi connectivity index (χ0) is 18.2. The van der Waals surface area contributed by atoms with E-state index in [1.165, 1.54) is 30.3 Å². The molecular formula is C16H11F3N2O3S. The Morgan fingerprint density at radius 2 is 1.84 bits per heavy atom. The van der Waals surface area contributed by atoms with Crippen molar-refractivity contribution in [3.8, 4) is 22.4 Å². The number of halogens is 3. The van der Waals surface area contributed by atoms with Crippen LogP contribution in [0.15, 0.2) is 51.9 Å². The molecule has 0 spiro atoms. The van der Waals surface area contributed by atoms with E-state index in [2.05, 4.69) is 5.16 Å². The number of hydrogen-bond donors (Lipinski definition) is 1. The lowest BCUT2D eigenvalue weighted by Gasteiger charge is -2.06. The number of rotatable bonds is 4. The highest BCUT2D eigenvalue weighted by atomic mass is 32.2. The Morgan fingerprint density at radius 1 is 1.08 bits per heavy atom. The summed E-state index contributed by atoms with van der Waals surface area (Å²) in [5, 5.41) is 8.65. The van der Waals surface area contributed by atoms with Gasteiger partial charge in [-0.2, -0.15) is 0 Å². The quantitative estimate of drug-likeness (QED) is 0.765. The molecule has 1 aromatic heterocycles. The van der Waals surface area contributed by atoms with Crippen molar-refractivity contribution in [2.75, 3.05) is 0 Å². The number of primary sulfonamides is 1. The molecule has 0 aliphatic carbocycles. The second-order valence-corrected chi connectivity index (χ2v) is 6.69. The van der Waals surface area contributed by atoms with Crippen LogP contribution in [0.5, 0.6) is 0 Å². The van der Waals surface area contributed by atoms with Gasteiger partial charge in [-0.1, -0.05) is 23.4 Å². The summed E-state index contributed by atoms with van der Waals surface area (Å²) in [6.07, 6.45) is 0. The van der Waals surface area contributed by atoms with Crippen LogP contribution < -0.4 is 5.14 Å². The highest BCUT2D eigenvalue weighted by molar-refractivity contribution is 7.89. The van der Waals surface area contributed by atoms with E-state index < -0.39 is 33.2 Å². The molecule has 0 aliphatic heterocycles. The lowest BCUT2D eigenvalue weighted by molar-refractivity contribution is 0.332. The van der Waals surface area contributed by atoms with Crippen molar-refractivity contribution in [1.82, 2.24) is 5.16 Å². The van der Waals surface area contributed by atoms with Gasteiger partial charge in [0.2, 0.25) is 10.0 Å². The summed E-state index contributed by atoms with van der Waals surface area (Å²) in [5.74, 6) is -1.83. The van der Waals surface area contributed by atoms with Gasteiger partial charge in [0.05, 0.1) is 5.56 Å². The largest absolute Gasteiger partial charge is 0.357 e. The van der Waals surface area contributed by atoms with Gasteiger partial charge >= 0.3 is 0 Å². The summed E-state index contributed by atoms with van der Waals surface area (Å²) in [7, 11) is -4.24. The fourth-order valence-electron chi connectivity index (χ4n) is 2.43. The average molecular weight is 368 g/mol. The SMILES string of the molecule is NS(=O)(=O)c1ccc(-c2c(-c3cccc(F)c3)noc2CF)cc1F. The van der Waals surface area contributed by atoms with Crippen molar-refractivity contribution in [2.45, 2.75) is 11.6 Å². The molecule has 1 heterocycles. The number of alkyl halides is 1. The van der Waals surface area contributed by atoms with Crippen LogP contribution in [0, 0.1) is 11.6 Å². The average Bonchev–Trinajstić information content (AvgIpc) is 2.97. The fourth-order valence-corrected chi connectivity index (χ4v) is 3.02. The zero-order valence-electron chi connectivity index (χ0n) is 12.5. The van der Waals surface area contributed by atoms with E-state index in [1.807, 2.05) is 0 Å². The molecule has 0 saturated heterocycles. The van der Waals surface area contributed by atoms with Crippen LogP contribution >= 0.6 is 0 Å². The topological polar surface area (TPSA) is 86.2 Å². The van der Waals surface area contributed by atoms with Crippen molar-refractivity contribution < 1.29 is 26.1 Å². The van der Waals surface area contributed by atoms with Crippen LogP contribution in [0.25, 0.3) is 22.4 Å². The lowest BCUT2D eigenvalue weighted by Crippen LogP contribution is -2.14. The van der Waals surface area contributed by atoms with E-state index in [0.29, 0.717) is 5.56 Å². The summed E-state index contributed by atoms with van der Waals surface area (Å²) >= 11 is 0. The smallest absolute Gasteiger partial charge is 0.240 e. The molecule has 5 nitrogen and oxygen atoms in total. The zero-order valence-corrected chi connectivity index (χ0v) is 13.4. The highest BCUT2D eigenvalue weighted by Gasteiger charge is 2.22. The fraction of sp³-hybridized carbons (Fsp3) is 0.0625. The van der Waals surface area contributed by atoms with Gasteiger partial charge in [-0.05, 0) is 29.8 Å². The summed E-state index contributed by atoms with van der Waals surface area (Å²) in [6, 6.07) is 8.44. The van der Waals surface area contributed by atoms with E-state index in [9.17, 15) is 21.6 Å². The molecule has 2 aromatic carbocycles. The number of nitrogens with two attached hydrogens (primary N) is 1. The molecule has 0 fully saturated rings. The molecule has 130 valence electrons. The van der Waals surface area contributed by atoms with Crippen LogP contribution in [0.4, 0.5) is 13.2 Å². The van der Waals surface area contributed by atoms with Crippen LogP contribution in [-0.2, 0) is 16.7 Å². The predicted molar refractivity (Wildman–Crippen MR) is 83.5 cm³/mol. The van der Waals surface area contributed by atoms with E-state index in [1.54, 1.807) is 0 Å². The minimum Gasteiger partial charge on any atom is -0.357 e. The second kappa shape index (κ2) is 6.34. The minimum absolute atomic E-state index is 0.105. The molecule has 9 heteroatoms. The predicted octanol–water partition coefficient (Wildman–Crippen LogP) is 3.40. The minimum atomic E-state index is -4.24. The van der Waals surface area contributed by atoms with Crippen LogP contribution in [0.1, 0.15) is 5.76 Å². The standard InChI is InChI=1S/C16H11F3N2O3S/c17-8-13-15(9-4-5-14(12(19)7-9)25(20,22)23)16(21-24-13)10-2-1-3-11(18)6-10/h1-7H,8H2,(H2,20,22,23). The molecule has 0 aliphatic rings. The van der Waals surface area contributed by atoms with E-state index in [4.69, 9.17) is 9.66 Å². The van der Waals surface area contributed by atoms with E-state index >= 15 is 0 Å². The molecule has 2 N–H and O–H groups in total. The van der Waals surface area contributed by atoms with Crippen molar-refractivity contribution in [3.05, 3.63) is 59.9 Å². The monoisotopic (exact) mass is 368 g/mol. The Morgan fingerprint density at radius 3 is 2.44 bits per heavy atom. The lowest BCUT2D eigenvalue weighted by atomic mass is 9.99. The van der Waals surface area contributed by atoms with E-state index in [0.717, 1.165) is 12.1 Å². The maximum absolute atomic E-state index is 14.1. The Kier molecular flexibility index (Phi) is 4.36. The molecule has 0 atom stereocenters. The maximum atomic E-state index is 14.1. The number of sulfonamides is 1. The molecule has 3 rings (SSSR count). The van der Waals surface area contributed by atoms with Crippen LogP contribution in [0.3, 0.4) is 0 Å². The summed E-state index contributed by atoms with van der Waals surface area (Å²) < 4.78 is 68.3. The molecule has 25 heavy (non-hydrogen) atoms. The van der Waals surface area contributed by atoms with Gasteiger partial charge in [-0.3, -0.25) is 0 Å². The van der Waals surface area contributed by atoms with Crippen molar-refractivity contribution in [2.24, 2.45) is 5.14 Å². The summed E-state index contributed by atoms with van der Waals surface area (Å²) in [4.78, 5) is -0.693. The Bertz CT molecular complexity index is 1050. The van der Waals surface area contributed by atoms with Gasteiger partial charge in [0.25, 0.3) is 0 Å². The summed E-state index contributed by atoms with van der Waals surface area (Å²) in [6.45, 7) is -1.03. The van der Waals surface area contributed by atoms with Gasteiger partial charge in [0.1, 0.15) is 22.2 Å². The number of aromatic nitrogens is 1. The van der Waals surface area contributed by atoms with Crippen LogP contribution in [0.2, 0.25) is 0 Å². The van der Waals surface area contributed by atoms with Gasteiger partial charge in [0, 0.05) is 5.56 Å². The molecule has 0 amide bonds. The summed E-state index contributed by atoms with van der Waals surface area (Å²) in [5.41, 5.74) is 0.635. The number of nitrogens with zero attached hydrogens (tertiary/aromatic N) is 1. The Labute approximate surface area is 140 Å². The number of benzene rings is 2. The third-order valence-electron chi connectivity index (χ3n) is 3.51. The molecular weight excluding hydrogens is 357 g/mol. The van der Waals surface area contributed by atoms with Gasteiger partial charge < -0.3 is 4.52 Å². The molecule has 0 unspecified atom stereocenters. The second-order valence-electron chi connectivity index (χ2n) is 5.16. The first-order valence-electron chi connectivity index (χ1n) is 6.94. The molecule has 0 bridgehead atoms. The first-order valence-corrected chi connectivity index (χ1v) is 8.49. The van der Waals surface area contributed by atoms with Crippen LogP contribution in [-0.4, -0.2) is 13.6 Å². The molecule has 3 aromatic rings. The first-order chi connectivity index (χ1) is 11.8. The van der Waals surface area contributed by atoms with Gasteiger partial charge in [0.15, 0.2) is 12.4 Å². The number of hydrogen-bond acceptors (Lipinski definition) is 4. The first kappa shape index (κ1) is 17.2. The van der Waals surface area contributed by atoms with Gasteiger partial charge in [-0.15, -0.1) is 0 Å². The third-order valence-corrected chi connectivity index (χ3v) is 4.45.